The molecule has 24 heavy (non-hydrogen) atoms. The first kappa shape index (κ1) is 18.2. The van der Waals surface area contributed by atoms with Crippen LogP contribution in [-0.2, 0) is 4.79 Å². The normalized spacial score (nSPS) is 15.3. The standard InChI is InChI=1S/C19H27N3O2/c1-3-6-16(7-4-2)19(24)21-17-8-5-11-20-18(17)22-12-9-15(14-23)10-13-22/h3-5,8,11,15-16,23H,1-2,6-7,9-10,12-14H2,(H,21,24). The Kier molecular flexibility index (Phi) is 7.00. The third-order valence-electron chi connectivity index (χ3n) is 4.49. The highest BCUT2D eigenvalue weighted by Gasteiger charge is 2.23. The SMILES string of the molecule is C=CCC(CC=C)C(=O)Nc1cccnc1N1CCC(CO)CC1. The molecule has 2 heterocycles. The zero-order valence-corrected chi connectivity index (χ0v) is 14.2. The number of carbonyl (C=O) groups excluding carboxylic acids is 1. The van der Waals surface area contributed by atoms with Crippen LogP contribution in [0.25, 0.3) is 0 Å². The molecule has 1 aromatic heterocycles. The molecule has 1 saturated heterocycles. The van der Waals surface area contributed by atoms with Crippen molar-refractivity contribution in [2.75, 3.05) is 29.9 Å². The number of nitrogens with zero attached hydrogens (tertiary/aromatic N) is 2. The lowest BCUT2D eigenvalue weighted by Crippen LogP contribution is -2.36. The molecule has 130 valence electrons. The van der Waals surface area contributed by atoms with E-state index in [1.54, 1.807) is 18.3 Å². The topological polar surface area (TPSA) is 65.5 Å². The molecular formula is C19H27N3O2. The Labute approximate surface area is 144 Å². The minimum atomic E-state index is -0.159. The van der Waals surface area contributed by atoms with Crippen molar-refractivity contribution in [3.8, 4) is 0 Å². The highest BCUT2D eigenvalue weighted by molar-refractivity contribution is 5.95. The number of amides is 1. The van der Waals surface area contributed by atoms with Gasteiger partial charge in [0.15, 0.2) is 5.82 Å². The van der Waals surface area contributed by atoms with E-state index in [0.717, 1.165) is 37.4 Å². The molecule has 1 aliphatic rings. The van der Waals surface area contributed by atoms with Gasteiger partial charge in [0.25, 0.3) is 0 Å². The van der Waals surface area contributed by atoms with Gasteiger partial charge in [-0.3, -0.25) is 4.79 Å². The van der Waals surface area contributed by atoms with Gasteiger partial charge in [-0.1, -0.05) is 12.2 Å². The van der Waals surface area contributed by atoms with Crippen molar-refractivity contribution in [3.63, 3.8) is 0 Å². The van der Waals surface area contributed by atoms with Gasteiger partial charge in [0.05, 0.1) is 5.69 Å². The first-order valence-corrected chi connectivity index (χ1v) is 8.53. The Morgan fingerprint density at radius 1 is 1.38 bits per heavy atom. The molecule has 0 bridgehead atoms. The predicted octanol–water partition coefficient (Wildman–Crippen LogP) is 3.00. The average Bonchev–Trinajstić information content (AvgIpc) is 2.62. The Morgan fingerprint density at radius 2 is 2.04 bits per heavy atom. The quantitative estimate of drug-likeness (QED) is 0.720. The van der Waals surface area contributed by atoms with Crippen molar-refractivity contribution >= 4 is 17.4 Å². The summed E-state index contributed by atoms with van der Waals surface area (Å²) < 4.78 is 0. The van der Waals surface area contributed by atoms with Crippen molar-refractivity contribution in [2.45, 2.75) is 25.7 Å². The second-order valence-corrected chi connectivity index (χ2v) is 6.22. The number of hydrogen-bond acceptors (Lipinski definition) is 4. The summed E-state index contributed by atoms with van der Waals surface area (Å²) >= 11 is 0. The van der Waals surface area contributed by atoms with Crippen molar-refractivity contribution in [1.82, 2.24) is 4.98 Å². The Morgan fingerprint density at radius 3 is 2.62 bits per heavy atom. The zero-order valence-electron chi connectivity index (χ0n) is 14.2. The van der Waals surface area contributed by atoms with Crippen molar-refractivity contribution < 1.29 is 9.90 Å². The molecule has 1 aliphatic heterocycles. The highest BCUT2D eigenvalue weighted by atomic mass is 16.3. The fourth-order valence-electron chi connectivity index (χ4n) is 3.02. The number of anilines is 2. The Hall–Kier alpha value is -2.14. The molecule has 2 rings (SSSR count). The molecule has 1 fully saturated rings. The van der Waals surface area contributed by atoms with Crippen molar-refractivity contribution in [3.05, 3.63) is 43.6 Å². The maximum Gasteiger partial charge on any atom is 0.228 e. The van der Waals surface area contributed by atoms with Crippen LogP contribution in [0, 0.1) is 11.8 Å². The fourth-order valence-corrected chi connectivity index (χ4v) is 3.02. The minimum Gasteiger partial charge on any atom is -0.396 e. The van der Waals surface area contributed by atoms with Crippen LogP contribution >= 0.6 is 0 Å². The molecule has 2 N–H and O–H groups in total. The third kappa shape index (κ3) is 4.68. The summed E-state index contributed by atoms with van der Waals surface area (Å²) in [6.07, 6.45) is 8.39. The first-order chi connectivity index (χ1) is 11.7. The molecule has 0 saturated carbocycles. The number of carbonyl (C=O) groups is 1. The van der Waals surface area contributed by atoms with Gasteiger partial charge in [-0.05, 0) is 43.7 Å². The maximum absolute atomic E-state index is 12.5. The maximum atomic E-state index is 12.5. The molecular weight excluding hydrogens is 302 g/mol. The summed E-state index contributed by atoms with van der Waals surface area (Å²) in [6, 6.07) is 3.72. The van der Waals surface area contributed by atoms with Crippen LogP contribution in [0.2, 0.25) is 0 Å². The van der Waals surface area contributed by atoms with E-state index in [1.165, 1.54) is 0 Å². The van der Waals surface area contributed by atoms with Crippen LogP contribution in [0.4, 0.5) is 11.5 Å². The molecule has 0 spiro atoms. The van der Waals surface area contributed by atoms with E-state index in [-0.39, 0.29) is 18.4 Å². The van der Waals surface area contributed by atoms with Gasteiger partial charge in [0, 0.05) is 31.8 Å². The van der Waals surface area contributed by atoms with Crippen LogP contribution in [0.5, 0.6) is 0 Å². The highest BCUT2D eigenvalue weighted by Crippen LogP contribution is 2.28. The Bertz CT molecular complexity index is 555. The summed E-state index contributed by atoms with van der Waals surface area (Å²) in [7, 11) is 0. The molecule has 0 aromatic carbocycles. The van der Waals surface area contributed by atoms with Crippen molar-refractivity contribution in [1.29, 1.82) is 0 Å². The largest absolute Gasteiger partial charge is 0.396 e. The molecule has 1 aromatic rings. The summed E-state index contributed by atoms with van der Waals surface area (Å²) in [6.45, 7) is 9.37. The van der Waals surface area contributed by atoms with Crippen LogP contribution in [-0.4, -0.2) is 35.7 Å². The number of hydrogen-bond donors (Lipinski definition) is 2. The smallest absolute Gasteiger partial charge is 0.228 e. The van der Waals surface area contributed by atoms with Gasteiger partial charge in [0.2, 0.25) is 5.91 Å². The van der Waals surface area contributed by atoms with Gasteiger partial charge in [-0.25, -0.2) is 4.98 Å². The molecule has 1 amide bonds. The second kappa shape index (κ2) is 9.23. The van der Waals surface area contributed by atoms with E-state index < -0.39 is 0 Å². The molecule has 5 nitrogen and oxygen atoms in total. The summed E-state index contributed by atoms with van der Waals surface area (Å²) in [4.78, 5) is 19.2. The van der Waals surface area contributed by atoms with Crippen LogP contribution in [0.3, 0.4) is 0 Å². The van der Waals surface area contributed by atoms with Gasteiger partial charge < -0.3 is 15.3 Å². The van der Waals surface area contributed by atoms with Gasteiger partial charge >= 0.3 is 0 Å². The number of rotatable bonds is 8. The molecule has 0 aliphatic carbocycles. The van der Waals surface area contributed by atoms with E-state index in [0.29, 0.717) is 18.8 Å². The minimum absolute atomic E-state index is 0.0331. The van der Waals surface area contributed by atoms with E-state index >= 15 is 0 Å². The van der Waals surface area contributed by atoms with Crippen LogP contribution in [0.1, 0.15) is 25.7 Å². The molecule has 0 unspecified atom stereocenters. The number of nitrogens with one attached hydrogen (secondary N) is 1. The fraction of sp³-hybridized carbons (Fsp3) is 0.474. The lowest BCUT2D eigenvalue weighted by Gasteiger charge is -2.33. The summed E-state index contributed by atoms with van der Waals surface area (Å²) in [5.74, 6) is 0.980. The third-order valence-corrected chi connectivity index (χ3v) is 4.49. The summed E-state index contributed by atoms with van der Waals surface area (Å²) in [5.41, 5.74) is 0.739. The molecule has 0 radical (unpaired) electrons. The van der Waals surface area contributed by atoms with E-state index in [4.69, 9.17) is 0 Å². The average molecular weight is 329 g/mol. The van der Waals surface area contributed by atoms with Gasteiger partial charge in [-0.15, -0.1) is 13.2 Å². The number of aliphatic hydroxyl groups is 1. The van der Waals surface area contributed by atoms with E-state index in [2.05, 4.69) is 28.4 Å². The predicted molar refractivity (Wildman–Crippen MR) is 98.0 cm³/mol. The molecule has 5 heteroatoms. The Balaban J connectivity index is 2.09. The van der Waals surface area contributed by atoms with E-state index in [1.807, 2.05) is 12.1 Å². The second-order valence-electron chi connectivity index (χ2n) is 6.22. The van der Waals surface area contributed by atoms with E-state index in [9.17, 15) is 9.90 Å². The number of pyridine rings is 1. The zero-order chi connectivity index (χ0) is 17.4. The van der Waals surface area contributed by atoms with Crippen LogP contribution in [0.15, 0.2) is 43.6 Å². The number of piperidine rings is 1. The van der Waals surface area contributed by atoms with Gasteiger partial charge in [-0.2, -0.15) is 0 Å². The summed E-state index contributed by atoms with van der Waals surface area (Å²) in [5, 5.41) is 12.3. The molecule has 0 atom stereocenters. The number of allylic oxidation sites excluding steroid dienone is 2. The first-order valence-electron chi connectivity index (χ1n) is 8.53. The lowest BCUT2D eigenvalue weighted by molar-refractivity contribution is -0.119. The number of aromatic nitrogens is 1. The monoisotopic (exact) mass is 329 g/mol. The number of aliphatic hydroxyl groups excluding tert-OH is 1. The lowest BCUT2D eigenvalue weighted by atomic mass is 9.98. The van der Waals surface area contributed by atoms with Gasteiger partial charge in [0.1, 0.15) is 0 Å². The van der Waals surface area contributed by atoms with Crippen molar-refractivity contribution in [2.24, 2.45) is 11.8 Å². The van der Waals surface area contributed by atoms with Crippen LogP contribution < -0.4 is 10.2 Å².